The Morgan fingerprint density at radius 1 is 0.891 bits per heavy atom. The van der Waals surface area contributed by atoms with E-state index in [0.29, 0.717) is 45.2 Å². The third-order valence-corrected chi connectivity index (χ3v) is 9.75. The molecule has 0 aliphatic carbocycles. The number of fused-ring (bicyclic) bond motifs is 2. The summed E-state index contributed by atoms with van der Waals surface area (Å²) in [7, 11) is 1.04. The lowest BCUT2D eigenvalue weighted by atomic mass is 10.0. The number of pyridine rings is 1. The van der Waals surface area contributed by atoms with Gasteiger partial charge < -0.3 is 34.7 Å². The number of methoxy groups -OCH3 is 1. The second-order valence-electron chi connectivity index (χ2n) is 11.7. The zero-order valence-corrected chi connectivity index (χ0v) is 27.0. The number of hydrogen-bond donors (Lipinski definition) is 3. The Hall–Kier alpha value is -5.06. The molecule has 13 heteroatoms. The quantitative estimate of drug-likeness (QED) is 0.184. The van der Waals surface area contributed by atoms with Gasteiger partial charge in [0.1, 0.15) is 29.9 Å². The van der Waals surface area contributed by atoms with Crippen molar-refractivity contribution < 1.29 is 9.30 Å². The van der Waals surface area contributed by atoms with Crippen LogP contribution in [-0.4, -0.2) is 88.5 Å². The first kappa shape index (κ1) is 29.6. The number of benzene rings is 2. The minimum absolute atomic E-state index is 0.363. The van der Waals surface area contributed by atoms with Crippen LogP contribution in [0.2, 0.25) is 0 Å². The van der Waals surface area contributed by atoms with E-state index < -0.39 is 7.14 Å². The molecule has 1 aliphatic rings. The largest absolute Gasteiger partial charge is 0.494 e. The highest BCUT2D eigenvalue weighted by Crippen LogP contribution is 2.42. The third-order valence-electron chi connectivity index (χ3n) is 8.22. The van der Waals surface area contributed by atoms with Crippen LogP contribution in [0.25, 0.3) is 33.2 Å². The number of aromatic nitrogens is 6. The van der Waals surface area contributed by atoms with Crippen molar-refractivity contribution in [1.82, 2.24) is 34.8 Å². The normalized spacial score (nSPS) is 14.1. The summed E-state index contributed by atoms with van der Waals surface area (Å²) in [6.45, 7) is 7.26. The van der Waals surface area contributed by atoms with Crippen molar-refractivity contribution in [2.24, 2.45) is 0 Å². The molecule has 5 heterocycles. The van der Waals surface area contributed by atoms with Crippen LogP contribution in [0, 0.1) is 0 Å². The van der Waals surface area contributed by atoms with Gasteiger partial charge in [-0.1, -0.05) is 0 Å². The SMILES string of the molecule is COc1cc(N2CCN(C)CC2)c(-c2ccncc2)cc1Nc1nc(Nc2ccc3nccnc3c2P(C)(C)=O)c2cc[nH]c2n1. The van der Waals surface area contributed by atoms with Crippen molar-refractivity contribution in [2.75, 3.05) is 69.2 Å². The predicted molar refractivity (Wildman–Crippen MR) is 185 cm³/mol. The zero-order valence-electron chi connectivity index (χ0n) is 26.2. The van der Waals surface area contributed by atoms with E-state index in [2.05, 4.69) is 59.5 Å². The third kappa shape index (κ3) is 5.73. The van der Waals surface area contributed by atoms with Gasteiger partial charge in [-0.25, -0.2) is 0 Å². The number of piperazine rings is 1. The van der Waals surface area contributed by atoms with Crippen LogP contribution in [0.15, 0.2) is 73.4 Å². The van der Waals surface area contributed by atoms with Crippen molar-refractivity contribution in [1.29, 1.82) is 0 Å². The Bertz CT molecular complexity index is 2090. The maximum atomic E-state index is 13.6. The first-order chi connectivity index (χ1) is 22.3. The van der Waals surface area contributed by atoms with E-state index in [4.69, 9.17) is 14.7 Å². The number of aromatic amines is 1. The van der Waals surface area contributed by atoms with Crippen LogP contribution in [-0.2, 0) is 4.57 Å². The fourth-order valence-corrected chi connectivity index (χ4v) is 7.31. The summed E-state index contributed by atoms with van der Waals surface area (Å²) in [6.07, 6.45) is 8.67. The Labute approximate surface area is 266 Å². The molecule has 234 valence electrons. The molecule has 7 rings (SSSR count). The number of nitrogens with zero attached hydrogens (tertiary/aromatic N) is 7. The van der Waals surface area contributed by atoms with Gasteiger partial charge in [0, 0.05) is 74.5 Å². The molecule has 0 saturated carbocycles. The van der Waals surface area contributed by atoms with Gasteiger partial charge in [0.25, 0.3) is 0 Å². The number of H-pyrrole nitrogens is 1. The average molecular weight is 635 g/mol. The summed E-state index contributed by atoms with van der Waals surface area (Å²) in [5, 5.41) is 8.28. The fourth-order valence-electron chi connectivity index (χ4n) is 5.92. The molecule has 0 atom stereocenters. The molecule has 3 N–H and O–H groups in total. The van der Waals surface area contributed by atoms with Gasteiger partial charge in [-0.3, -0.25) is 15.0 Å². The number of likely N-dealkylation sites (N-methyl/N-ethyl adjacent to an activating group) is 1. The lowest BCUT2D eigenvalue weighted by Gasteiger charge is -2.35. The van der Waals surface area contributed by atoms with E-state index in [-0.39, 0.29) is 0 Å². The second-order valence-corrected chi connectivity index (χ2v) is 14.9. The summed E-state index contributed by atoms with van der Waals surface area (Å²) in [5.41, 5.74) is 6.50. The highest BCUT2D eigenvalue weighted by atomic mass is 31.2. The average Bonchev–Trinajstić information content (AvgIpc) is 3.54. The Kier molecular flexibility index (Phi) is 7.75. The maximum Gasteiger partial charge on any atom is 0.231 e. The second kappa shape index (κ2) is 12.0. The summed E-state index contributed by atoms with van der Waals surface area (Å²) >= 11 is 0. The first-order valence-corrected chi connectivity index (χ1v) is 17.6. The van der Waals surface area contributed by atoms with Gasteiger partial charge in [0.2, 0.25) is 5.95 Å². The van der Waals surface area contributed by atoms with Crippen LogP contribution in [0.4, 0.5) is 28.8 Å². The topological polar surface area (TPSA) is 137 Å². The van der Waals surface area contributed by atoms with E-state index in [1.54, 1.807) is 45.2 Å². The molecular weight excluding hydrogens is 599 g/mol. The Morgan fingerprint density at radius 3 is 2.43 bits per heavy atom. The van der Waals surface area contributed by atoms with Gasteiger partial charge in [0.15, 0.2) is 0 Å². The molecular formula is C33H35N10O2P. The van der Waals surface area contributed by atoms with Gasteiger partial charge in [0.05, 0.1) is 34.7 Å². The van der Waals surface area contributed by atoms with Gasteiger partial charge in [-0.05, 0) is 62.3 Å². The number of ether oxygens (including phenoxy) is 1. The minimum Gasteiger partial charge on any atom is -0.494 e. The van der Waals surface area contributed by atoms with E-state index in [0.717, 1.165) is 54.1 Å². The maximum absolute atomic E-state index is 13.6. The van der Waals surface area contributed by atoms with E-state index in [9.17, 15) is 4.57 Å². The van der Waals surface area contributed by atoms with Crippen molar-refractivity contribution in [2.45, 2.75) is 0 Å². The molecule has 1 fully saturated rings. The molecule has 46 heavy (non-hydrogen) atoms. The Balaban J connectivity index is 1.31. The lowest BCUT2D eigenvalue weighted by molar-refractivity contribution is 0.313. The number of hydrogen-bond acceptors (Lipinski definition) is 11. The molecule has 0 spiro atoms. The van der Waals surface area contributed by atoms with E-state index in [1.807, 2.05) is 36.5 Å². The lowest BCUT2D eigenvalue weighted by Crippen LogP contribution is -2.44. The highest BCUT2D eigenvalue weighted by molar-refractivity contribution is 7.71. The van der Waals surface area contributed by atoms with E-state index >= 15 is 0 Å². The van der Waals surface area contributed by atoms with Crippen LogP contribution in [0.3, 0.4) is 0 Å². The molecule has 4 aromatic heterocycles. The monoisotopic (exact) mass is 634 g/mol. The summed E-state index contributed by atoms with van der Waals surface area (Å²) in [4.78, 5) is 30.8. The Morgan fingerprint density at radius 2 is 1.67 bits per heavy atom. The van der Waals surface area contributed by atoms with Crippen LogP contribution < -0.4 is 25.6 Å². The van der Waals surface area contributed by atoms with E-state index in [1.165, 1.54) is 0 Å². The number of rotatable bonds is 8. The molecule has 1 saturated heterocycles. The smallest absolute Gasteiger partial charge is 0.231 e. The van der Waals surface area contributed by atoms with Gasteiger partial charge in [-0.2, -0.15) is 9.97 Å². The molecule has 2 aromatic carbocycles. The van der Waals surface area contributed by atoms with Crippen molar-refractivity contribution >= 4 is 63.3 Å². The van der Waals surface area contributed by atoms with Crippen LogP contribution >= 0.6 is 7.14 Å². The van der Waals surface area contributed by atoms with Crippen molar-refractivity contribution in [3.05, 3.63) is 73.4 Å². The molecule has 1 aliphatic heterocycles. The standard InChI is InChI=1S/C33H35N10O2P/c1-42-15-17-43(18-16-42)27-20-28(45-2)26(19-23(27)21-7-10-34-11-8-21)39-33-40-31-22(9-12-37-31)32(41-33)38-25-6-5-24-29(36-14-13-35-24)30(25)46(3,4)44/h5-14,19-20H,15-18H2,1-4H3,(H3,37,38,39,40,41). The highest BCUT2D eigenvalue weighted by Gasteiger charge is 2.24. The summed E-state index contributed by atoms with van der Waals surface area (Å²) in [6, 6.07) is 13.8. The van der Waals surface area contributed by atoms with Crippen molar-refractivity contribution in [3.63, 3.8) is 0 Å². The zero-order chi connectivity index (χ0) is 31.8. The molecule has 0 amide bonds. The van der Waals surface area contributed by atoms with Crippen molar-refractivity contribution in [3.8, 4) is 16.9 Å². The van der Waals surface area contributed by atoms with Gasteiger partial charge >= 0.3 is 0 Å². The summed E-state index contributed by atoms with van der Waals surface area (Å²) < 4.78 is 19.5. The van der Waals surface area contributed by atoms with Gasteiger partial charge in [-0.15, -0.1) is 0 Å². The molecule has 0 radical (unpaired) electrons. The molecule has 12 nitrogen and oxygen atoms in total. The predicted octanol–water partition coefficient (Wildman–Crippen LogP) is 5.46. The molecule has 6 aromatic rings. The summed E-state index contributed by atoms with van der Waals surface area (Å²) in [5.74, 6) is 1.58. The fraction of sp³-hybridized carbons (Fsp3) is 0.242. The molecule has 0 unspecified atom stereocenters. The number of nitrogens with one attached hydrogen (secondary N) is 3. The van der Waals surface area contributed by atoms with Crippen LogP contribution in [0.1, 0.15) is 0 Å². The first-order valence-electron chi connectivity index (χ1n) is 15.0. The minimum atomic E-state index is -2.78. The molecule has 0 bridgehead atoms. The van der Waals surface area contributed by atoms with Crippen LogP contribution in [0.5, 0.6) is 5.75 Å². The number of anilines is 5.